The van der Waals surface area contributed by atoms with Gasteiger partial charge in [-0.2, -0.15) is 0 Å². The van der Waals surface area contributed by atoms with E-state index in [1.807, 2.05) is 5.32 Å². The van der Waals surface area contributed by atoms with Gasteiger partial charge in [-0.15, -0.1) is 0 Å². The highest BCUT2D eigenvalue weighted by atomic mass is 16.4. The molecule has 0 aliphatic heterocycles. The summed E-state index contributed by atoms with van der Waals surface area (Å²) in [5.41, 5.74) is 5.28. The highest BCUT2D eigenvalue weighted by Gasteiger charge is 2.18. The van der Waals surface area contributed by atoms with E-state index in [2.05, 4.69) is 5.32 Å². The molecule has 92 valence electrons. The van der Waals surface area contributed by atoms with E-state index in [4.69, 9.17) is 15.9 Å². The number of aliphatic hydroxyl groups excluding tert-OH is 1. The van der Waals surface area contributed by atoms with E-state index in [1.54, 1.807) is 0 Å². The molecule has 0 aromatic heterocycles. The van der Waals surface area contributed by atoms with Crippen LogP contribution in [0.2, 0.25) is 0 Å². The molecule has 0 aromatic rings. The molecule has 1 unspecified atom stereocenters. The molecule has 8 nitrogen and oxygen atoms in total. The lowest BCUT2D eigenvalue weighted by Gasteiger charge is -2.14. The largest absolute Gasteiger partial charge is 0.480 e. The van der Waals surface area contributed by atoms with Crippen molar-refractivity contribution in [1.82, 2.24) is 10.6 Å². The third kappa shape index (κ3) is 5.94. The van der Waals surface area contributed by atoms with E-state index < -0.39 is 36.5 Å². The smallest absolute Gasteiger partial charge is 0.322 e. The van der Waals surface area contributed by atoms with Crippen LogP contribution in [0.1, 0.15) is 6.92 Å². The number of rotatable bonds is 6. The third-order valence-corrected chi connectivity index (χ3v) is 1.68. The number of hydrogen-bond donors (Lipinski definition) is 5. The number of carbonyl (C=O) groups excluding carboxylic acids is 2. The molecular weight excluding hydrogens is 218 g/mol. The normalized spacial score (nSPS) is 13.7. The number of amides is 2. The molecule has 0 heterocycles. The number of nitrogens with two attached hydrogens (primary N) is 1. The minimum absolute atomic E-state index is 0.382. The third-order valence-electron chi connectivity index (χ3n) is 1.68. The molecule has 0 aromatic carbocycles. The zero-order valence-electron chi connectivity index (χ0n) is 8.77. The Morgan fingerprint density at radius 3 is 2.25 bits per heavy atom. The molecule has 0 rings (SSSR count). The minimum Gasteiger partial charge on any atom is -0.480 e. The maximum atomic E-state index is 11.1. The van der Waals surface area contributed by atoms with Crippen LogP contribution in [0.4, 0.5) is 0 Å². The number of carboxylic acids is 1. The van der Waals surface area contributed by atoms with Crippen molar-refractivity contribution in [2.45, 2.75) is 19.1 Å². The molecule has 0 fully saturated rings. The molecule has 0 aliphatic carbocycles. The van der Waals surface area contributed by atoms with Gasteiger partial charge >= 0.3 is 5.97 Å². The number of aliphatic carboxylic acids is 1. The summed E-state index contributed by atoms with van der Waals surface area (Å²) in [4.78, 5) is 32.2. The Hall–Kier alpha value is -1.67. The van der Waals surface area contributed by atoms with Crippen LogP contribution in [0.15, 0.2) is 0 Å². The summed E-state index contributed by atoms with van der Waals surface area (Å²) in [6, 6.07) is -1.12. The van der Waals surface area contributed by atoms with Gasteiger partial charge in [-0.05, 0) is 6.92 Å². The lowest BCUT2D eigenvalue weighted by atomic mass is 10.2. The Labute approximate surface area is 91.8 Å². The highest BCUT2D eigenvalue weighted by Crippen LogP contribution is 1.87. The first-order valence-electron chi connectivity index (χ1n) is 4.54. The van der Waals surface area contributed by atoms with Crippen LogP contribution in [-0.2, 0) is 14.4 Å². The summed E-state index contributed by atoms with van der Waals surface area (Å²) in [6.07, 6.45) is -1.03. The summed E-state index contributed by atoms with van der Waals surface area (Å²) < 4.78 is 0. The van der Waals surface area contributed by atoms with Crippen molar-refractivity contribution in [2.75, 3.05) is 13.1 Å². The lowest BCUT2D eigenvalue weighted by molar-refractivity contribution is -0.137. The van der Waals surface area contributed by atoms with Crippen LogP contribution < -0.4 is 16.4 Å². The summed E-state index contributed by atoms with van der Waals surface area (Å²) in [6.45, 7) is 0.443. The van der Waals surface area contributed by atoms with Gasteiger partial charge in [-0.25, -0.2) is 0 Å². The van der Waals surface area contributed by atoms with Gasteiger partial charge in [0, 0.05) is 0 Å². The molecule has 0 saturated carbocycles. The van der Waals surface area contributed by atoms with Crippen molar-refractivity contribution in [1.29, 1.82) is 0 Å². The molecule has 2 amide bonds. The maximum Gasteiger partial charge on any atom is 0.322 e. The van der Waals surface area contributed by atoms with E-state index >= 15 is 0 Å². The standard InChI is InChI=1S/C8H15N3O5/c1-4(12)7(9)8(16)11-2-5(13)10-3-6(14)15/h4,7,12H,2-3,9H2,1H3,(H,10,13)(H,11,16)(H,14,15)/t4?,7-/m0/s1. The fraction of sp³-hybridized carbons (Fsp3) is 0.625. The van der Waals surface area contributed by atoms with E-state index in [0.717, 1.165) is 0 Å². The number of nitrogens with one attached hydrogen (secondary N) is 2. The van der Waals surface area contributed by atoms with Crippen molar-refractivity contribution in [3.63, 3.8) is 0 Å². The number of carbonyl (C=O) groups is 3. The van der Waals surface area contributed by atoms with Gasteiger partial charge in [0.05, 0.1) is 12.6 Å². The molecule has 0 spiro atoms. The van der Waals surface area contributed by atoms with Crippen molar-refractivity contribution in [3.05, 3.63) is 0 Å². The summed E-state index contributed by atoms with van der Waals surface area (Å²) in [5, 5.41) is 21.4. The molecule has 16 heavy (non-hydrogen) atoms. The summed E-state index contributed by atoms with van der Waals surface area (Å²) >= 11 is 0. The number of aliphatic hydroxyl groups is 1. The maximum absolute atomic E-state index is 11.1. The predicted molar refractivity (Wildman–Crippen MR) is 53.3 cm³/mol. The second-order valence-electron chi connectivity index (χ2n) is 3.15. The number of hydrogen-bond acceptors (Lipinski definition) is 5. The topological polar surface area (TPSA) is 142 Å². The van der Waals surface area contributed by atoms with Gasteiger partial charge in [0.2, 0.25) is 11.8 Å². The van der Waals surface area contributed by atoms with Crippen molar-refractivity contribution in [3.8, 4) is 0 Å². The second-order valence-corrected chi connectivity index (χ2v) is 3.15. The average molecular weight is 233 g/mol. The van der Waals surface area contributed by atoms with E-state index in [1.165, 1.54) is 6.92 Å². The molecular formula is C8H15N3O5. The van der Waals surface area contributed by atoms with Gasteiger partial charge < -0.3 is 26.6 Å². The van der Waals surface area contributed by atoms with Crippen molar-refractivity contribution < 1.29 is 24.6 Å². The fourth-order valence-corrected chi connectivity index (χ4v) is 0.741. The lowest BCUT2D eigenvalue weighted by Crippen LogP contribution is -2.49. The summed E-state index contributed by atoms with van der Waals surface area (Å²) in [7, 11) is 0. The van der Waals surface area contributed by atoms with Crippen molar-refractivity contribution in [2.24, 2.45) is 5.73 Å². The molecule has 0 aliphatic rings. The van der Waals surface area contributed by atoms with Crippen LogP contribution in [0, 0.1) is 0 Å². The minimum atomic E-state index is -1.18. The molecule has 8 heteroatoms. The molecule has 0 radical (unpaired) electrons. The first-order chi connectivity index (χ1) is 7.34. The van der Waals surface area contributed by atoms with E-state index in [-0.39, 0.29) is 6.54 Å². The Morgan fingerprint density at radius 2 is 1.81 bits per heavy atom. The SMILES string of the molecule is CC(O)[C@H](N)C(=O)NCC(=O)NCC(=O)O. The Bertz CT molecular complexity index is 279. The van der Waals surface area contributed by atoms with Gasteiger partial charge in [0.15, 0.2) is 0 Å². The molecule has 2 atom stereocenters. The van der Waals surface area contributed by atoms with Gasteiger partial charge in [-0.1, -0.05) is 0 Å². The van der Waals surface area contributed by atoms with Crippen LogP contribution in [0.25, 0.3) is 0 Å². The quantitative estimate of drug-likeness (QED) is 0.331. The Morgan fingerprint density at radius 1 is 1.25 bits per heavy atom. The van der Waals surface area contributed by atoms with Crippen LogP contribution in [0.3, 0.4) is 0 Å². The van der Waals surface area contributed by atoms with Crippen LogP contribution in [0.5, 0.6) is 0 Å². The van der Waals surface area contributed by atoms with Crippen LogP contribution >= 0.6 is 0 Å². The molecule has 6 N–H and O–H groups in total. The first-order valence-corrected chi connectivity index (χ1v) is 4.54. The predicted octanol–water partition coefficient (Wildman–Crippen LogP) is -2.99. The first kappa shape index (κ1) is 14.3. The highest BCUT2D eigenvalue weighted by molar-refractivity contribution is 5.88. The van der Waals surface area contributed by atoms with E-state index in [0.29, 0.717) is 0 Å². The van der Waals surface area contributed by atoms with Gasteiger partial charge in [0.25, 0.3) is 0 Å². The number of carboxylic acid groups (broad SMARTS) is 1. The average Bonchev–Trinajstić information content (AvgIpc) is 2.21. The zero-order chi connectivity index (χ0) is 12.7. The van der Waals surface area contributed by atoms with Gasteiger partial charge in [-0.3, -0.25) is 14.4 Å². The van der Waals surface area contributed by atoms with Gasteiger partial charge in [0.1, 0.15) is 12.6 Å². The fourth-order valence-electron chi connectivity index (χ4n) is 0.741. The monoisotopic (exact) mass is 233 g/mol. The van der Waals surface area contributed by atoms with Crippen molar-refractivity contribution >= 4 is 17.8 Å². The van der Waals surface area contributed by atoms with Crippen LogP contribution in [-0.4, -0.2) is 53.2 Å². The Balaban J connectivity index is 3.83. The zero-order valence-corrected chi connectivity index (χ0v) is 8.77. The Kier molecular flexibility index (Phi) is 6.04. The molecule has 0 bridgehead atoms. The second kappa shape index (κ2) is 6.75. The van der Waals surface area contributed by atoms with E-state index in [9.17, 15) is 14.4 Å². The summed E-state index contributed by atoms with van der Waals surface area (Å²) in [5.74, 6) is -2.51. The molecule has 0 saturated heterocycles.